The number of thiophene rings is 1. The molecule has 2 amide bonds. The van der Waals surface area contributed by atoms with Crippen LogP contribution in [-0.4, -0.2) is 67.7 Å². The molecule has 0 spiro atoms. The van der Waals surface area contributed by atoms with Gasteiger partial charge in [0.2, 0.25) is 5.91 Å². The molecule has 0 fully saturated rings. The van der Waals surface area contributed by atoms with E-state index in [-0.39, 0.29) is 45.6 Å². The highest BCUT2D eigenvalue weighted by Crippen LogP contribution is 2.48. The Balaban J connectivity index is 1.53. The molecule has 50 heavy (non-hydrogen) atoms. The molecule has 0 N–H and O–H groups in total. The highest BCUT2D eigenvalue weighted by atomic mass is 32.1. The maximum atomic E-state index is 16.2. The zero-order chi connectivity index (χ0) is 35.6. The lowest BCUT2D eigenvalue weighted by Crippen LogP contribution is -2.46. The summed E-state index contributed by atoms with van der Waals surface area (Å²) in [5.41, 5.74) is 2.97. The number of ether oxygens (including phenoxy) is 1. The molecule has 0 saturated heterocycles. The van der Waals surface area contributed by atoms with E-state index in [4.69, 9.17) is 14.8 Å². The maximum absolute atomic E-state index is 16.2. The number of likely N-dealkylation sites (N-methyl/N-ethyl adjacent to an activating group) is 1. The average Bonchev–Trinajstić information content (AvgIpc) is 3.79. The number of rotatable bonds is 7. The van der Waals surface area contributed by atoms with Gasteiger partial charge in [-0.2, -0.15) is 5.10 Å². The van der Waals surface area contributed by atoms with Crippen LogP contribution in [0.25, 0.3) is 54.8 Å². The predicted octanol–water partition coefficient (Wildman–Crippen LogP) is 7.35. The van der Waals surface area contributed by atoms with Crippen LogP contribution in [0.3, 0.4) is 0 Å². The van der Waals surface area contributed by atoms with Crippen LogP contribution in [0.2, 0.25) is 0 Å². The van der Waals surface area contributed by atoms with E-state index in [0.717, 1.165) is 28.3 Å². The first kappa shape index (κ1) is 33.1. The number of fused-ring (bicyclic) bond motifs is 3. The number of halogens is 3. The number of hydrogen-bond donors (Lipinski definition) is 0. The zero-order valence-electron chi connectivity index (χ0n) is 28.0. The largest absolute Gasteiger partial charge is 0.483 e. The van der Waals surface area contributed by atoms with Crippen molar-refractivity contribution in [2.24, 2.45) is 7.05 Å². The van der Waals surface area contributed by atoms with Gasteiger partial charge in [0.1, 0.15) is 34.6 Å². The van der Waals surface area contributed by atoms with E-state index in [0.29, 0.717) is 34.3 Å². The van der Waals surface area contributed by atoms with Gasteiger partial charge < -0.3 is 19.1 Å². The van der Waals surface area contributed by atoms with Crippen LogP contribution in [0.4, 0.5) is 13.2 Å². The van der Waals surface area contributed by atoms with Crippen LogP contribution in [0, 0.1) is 17.5 Å². The van der Waals surface area contributed by atoms with E-state index >= 15 is 8.78 Å². The minimum absolute atomic E-state index is 0.00302. The molecule has 2 aromatic carbocycles. The van der Waals surface area contributed by atoms with E-state index in [1.54, 1.807) is 15.6 Å². The van der Waals surface area contributed by atoms with Crippen LogP contribution in [0.1, 0.15) is 25.6 Å². The number of amides is 2. The van der Waals surface area contributed by atoms with Gasteiger partial charge in [0.05, 0.1) is 34.2 Å². The van der Waals surface area contributed by atoms with Crippen LogP contribution < -0.4 is 4.74 Å². The summed E-state index contributed by atoms with van der Waals surface area (Å²) in [5, 5.41) is 7.20. The molecule has 0 radical (unpaired) electrons. The lowest BCUT2D eigenvalue weighted by molar-refractivity contribution is -0.132. The first-order valence-corrected chi connectivity index (χ1v) is 16.8. The lowest BCUT2D eigenvalue weighted by atomic mass is 9.94. The number of aryl methyl sites for hydroxylation is 1. The van der Waals surface area contributed by atoms with E-state index in [9.17, 15) is 14.0 Å². The Hall–Kier alpha value is -5.43. The van der Waals surface area contributed by atoms with E-state index < -0.39 is 36.0 Å². The summed E-state index contributed by atoms with van der Waals surface area (Å²) in [6, 6.07) is 10.6. The SMILES string of the molecule is C=CC(=O)N1[C@H](C)c2cc(-c3nc(-c4ccc5c(ccn5C)c4)c4scc(F)c4c3-c3c(F)cc(F)cc3OCC(=O)N(C)C)nn2C[C@@H]1C. The first-order valence-electron chi connectivity index (χ1n) is 15.9. The highest BCUT2D eigenvalue weighted by Gasteiger charge is 2.35. The van der Waals surface area contributed by atoms with Gasteiger partial charge in [-0.25, -0.2) is 18.2 Å². The molecular weight excluding hydrogens is 666 g/mol. The van der Waals surface area contributed by atoms with Gasteiger partial charge in [-0.1, -0.05) is 12.6 Å². The first-order chi connectivity index (χ1) is 23.9. The zero-order valence-corrected chi connectivity index (χ0v) is 28.8. The Bertz CT molecular complexity index is 2360. The minimum Gasteiger partial charge on any atom is -0.483 e. The molecule has 2 atom stereocenters. The van der Waals surface area contributed by atoms with Crippen molar-refractivity contribution in [3.8, 4) is 39.5 Å². The highest BCUT2D eigenvalue weighted by molar-refractivity contribution is 7.17. The molecule has 0 unspecified atom stereocenters. The molecule has 5 heterocycles. The fourth-order valence-electron chi connectivity index (χ4n) is 6.71. The van der Waals surface area contributed by atoms with Gasteiger partial charge >= 0.3 is 0 Å². The molecule has 256 valence electrons. The molecule has 7 rings (SSSR count). The molecular formula is C37H33F3N6O3S. The Labute approximate surface area is 289 Å². The molecule has 0 aliphatic carbocycles. The summed E-state index contributed by atoms with van der Waals surface area (Å²) in [6.45, 7) is 7.27. The Morgan fingerprint density at radius 2 is 1.84 bits per heavy atom. The molecule has 9 nitrogen and oxygen atoms in total. The van der Waals surface area contributed by atoms with Crippen LogP contribution in [-0.2, 0) is 23.2 Å². The lowest BCUT2D eigenvalue weighted by Gasteiger charge is -2.38. The molecule has 1 aliphatic rings. The van der Waals surface area contributed by atoms with Crippen LogP contribution >= 0.6 is 11.3 Å². The second-order valence-corrected chi connectivity index (χ2v) is 13.5. The maximum Gasteiger partial charge on any atom is 0.259 e. The Morgan fingerprint density at radius 3 is 2.58 bits per heavy atom. The van der Waals surface area contributed by atoms with Gasteiger partial charge in [-0.3, -0.25) is 14.3 Å². The smallest absolute Gasteiger partial charge is 0.259 e. The van der Waals surface area contributed by atoms with Gasteiger partial charge in [-0.05, 0) is 44.2 Å². The quantitative estimate of drug-likeness (QED) is 0.163. The minimum atomic E-state index is -1.03. The van der Waals surface area contributed by atoms with E-state index in [1.807, 2.05) is 55.9 Å². The van der Waals surface area contributed by atoms with Crippen molar-refractivity contribution in [3.63, 3.8) is 0 Å². The van der Waals surface area contributed by atoms with Gasteiger partial charge in [-0.15, -0.1) is 11.3 Å². The summed E-state index contributed by atoms with van der Waals surface area (Å²) < 4.78 is 57.2. The molecule has 13 heteroatoms. The summed E-state index contributed by atoms with van der Waals surface area (Å²) in [7, 11) is 5.00. The number of aromatic nitrogens is 4. The second-order valence-electron chi connectivity index (χ2n) is 12.6. The Morgan fingerprint density at radius 1 is 1.06 bits per heavy atom. The van der Waals surface area contributed by atoms with E-state index in [2.05, 4.69) is 6.58 Å². The fourth-order valence-corrected chi connectivity index (χ4v) is 7.65. The van der Waals surface area contributed by atoms with Crippen molar-refractivity contribution in [1.82, 2.24) is 29.1 Å². The summed E-state index contributed by atoms with van der Waals surface area (Å²) >= 11 is 1.11. The van der Waals surface area contributed by atoms with E-state index in [1.165, 1.54) is 30.5 Å². The molecule has 0 saturated carbocycles. The molecule has 6 aromatic rings. The van der Waals surface area contributed by atoms with Gasteiger partial charge in [0.25, 0.3) is 5.91 Å². The monoisotopic (exact) mass is 698 g/mol. The number of benzene rings is 2. The third-order valence-electron chi connectivity index (χ3n) is 9.19. The number of pyridine rings is 1. The normalized spacial score (nSPS) is 15.8. The van der Waals surface area contributed by atoms with Crippen molar-refractivity contribution in [2.45, 2.75) is 32.5 Å². The van der Waals surface area contributed by atoms with Gasteiger partial charge in [0.15, 0.2) is 6.61 Å². The number of carbonyl (C=O) groups excluding carboxylic acids is 2. The number of carbonyl (C=O) groups is 2. The fraction of sp³-hybridized carbons (Fsp3) is 0.243. The standard InChI is InChI=1S/C37H33F3N6O3S/c1-7-30(47)46-19(2)16-45-28(20(46)3)15-26(42-45)36-34(32-24(39)13-23(38)14-29(32)49-17-31(48)43(4)5)33-25(40)18-50-37(33)35(41-36)22-8-9-27-21(12-22)10-11-44(27)6/h7-15,18-20H,1,16-17H2,2-6H3/t19-,20+/m0/s1. The summed E-state index contributed by atoms with van der Waals surface area (Å²) in [5.74, 6) is -3.57. The Kier molecular flexibility index (Phi) is 8.25. The summed E-state index contributed by atoms with van der Waals surface area (Å²) in [4.78, 5) is 33.4. The number of nitrogens with zero attached hydrogens (tertiary/aromatic N) is 6. The van der Waals surface area contributed by atoms with Crippen molar-refractivity contribution in [3.05, 3.63) is 89.8 Å². The van der Waals surface area contributed by atoms with Gasteiger partial charge in [0, 0.05) is 78.3 Å². The third-order valence-corrected chi connectivity index (χ3v) is 10.1. The average molecular weight is 699 g/mol. The van der Waals surface area contributed by atoms with Crippen molar-refractivity contribution >= 4 is 44.1 Å². The van der Waals surface area contributed by atoms with Crippen molar-refractivity contribution in [2.75, 3.05) is 20.7 Å². The number of hydrogen-bond acceptors (Lipinski definition) is 6. The van der Waals surface area contributed by atoms with Crippen molar-refractivity contribution < 1.29 is 27.5 Å². The predicted molar refractivity (Wildman–Crippen MR) is 187 cm³/mol. The summed E-state index contributed by atoms with van der Waals surface area (Å²) in [6.07, 6.45) is 3.21. The topological polar surface area (TPSA) is 85.5 Å². The third kappa shape index (κ3) is 5.41. The van der Waals surface area contributed by atoms with Crippen molar-refractivity contribution in [1.29, 1.82) is 0 Å². The molecule has 4 aromatic heterocycles. The molecule has 0 bridgehead atoms. The second kappa shape index (κ2) is 12.5. The molecule has 1 aliphatic heterocycles. The van der Waals surface area contributed by atoms with Crippen LogP contribution in [0.5, 0.6) is 5.75 Å². The van der Waals surface area contributed by atoms with Crippen LogP contribution in [0.15, 0.2) is 66.7 Å².